The number of hydrogen-bond donors (Lipinski definition) is 1. The van der Waals surface area contributed by atoms with E-state index in [4.69, 9.17) is 9.84 Å². The minimum absolute atomic E-state index is 0.0000152. The molecule has 0 saturated heterocycles. The van der Waals surface area contributed by atoms with Crippen molar-refractivity contribution in [1.82, 2.24) is 0 Å². The molecule has 160 valence electrons. The molecule has 0 aromatic heterocycles. The summed E-state index contributed by atoms with van der Waals surface area (Å²) in [5, 5.41) is 8.94. The second kappa shape index (κ2) is 10.2. The Hall–Kier alpha value is -2.88. The lowest BCUT2D eigenvalue weighted by atomic mass is 9.82. The van der Waals surface area contributed by atoms with E-state index >= 15 is 0 Å². The number of hydrogen-bond acceptors (Lipinski definition) is 2. The van der Waals surface area contributed by atoms with Crippen LogP contribution in [0.1, 0.15) is 51.3 Å². The normalized spacial score (nSPS) is 12.4. The Balaban J connectivity index is 2.71. The lowest BCUT2D eigenvalue weighted by Crippen LogP contribution is -2.16. The van der Waals surface area contributed by atoms with Crippen molar-refractivity contribution in [1.29, 1.82) is 0 Å². The van der Waals surface area contributed by atoms with E-state index in [0.717, 1.165) is 28.7 Å². The summed E-state index contributed by atoms with van der Waals surface area (Å²) in [6, 6.07) is 12.1. The third-order valence-electron chi connectivity index (χ3n) is 4.82. The van der Waals surface area contributed by atoms with Crippen LogP contribution in [0.4, 0.5) is 4.39 Å². The van der Waals surface area contributed by atoms with Crippen LogP contribution in [0.2, 0.25) is 0 Å². The van der Waals surface area contributed by atoms with E-state index in [1.807, 2.05) is 30.3 Å². The van der Waals surface area contributed by atoms with E-state index in [1.165, 1.54) is 11.6 Å². The number of halogens is 1. The van der Waals surface area contributed by atoms with Crippen LogP contribution < -0.4 is 4.74 Å². The van der Waals surface area contributed by atoms with Gasteiger partial charge in [0.05, 0.1) is 0 Å². The zero-order chi connectivity index (χ0) is 22.3. The Labute approximate surface area is 178 Å². The van der Waals surface area contributed by atoms with Gasteiger partial charge in [-0.3, -0.25) is 0 Å². The standard InChI is InChI=1S/C26H31FO3/c1-6-19-16-22(25(30-14-13-27)23(17-19)26(3,4)5)21-10-8-7-9-20(21)12-11-18(2)15-24(28)29/h7-12,15-17H,6,13-14H2,1-5H3,(H,28,29). The van der Waals surface area contributed by atoms with E-state index in [0.29, 0.717) is 11.3 Å². The first-order valence-corrected chi connectivity index (χ1v) is 10.2. The number of carboxylic acids is 1. The topological polar surface area (TPSA) is 46.5 Å². The fraction of sp³-hybridized carbons (Fsp3) is 0.346. The third kappa shape index (κ3) is 6.06. The highest BCUT2D eigenvalue weighted by Gasteiger charge is 2.24. The molecule has 2 aromatic rings. The number of aliphatic carboxylic acids is 1. The second-order valence-corrected chi connectivity index (χ2v) is 8.31. The summed E-state index contributed by atoms with van der Waals surface area (Å²) >= 11 is 0. The average Bonchev–Trinajstić information content (AvgIpc) is 2.69. The van der Waals surface area contributed by atoms with Gasteiger partial charge in [-0.15, -0.1) is 0 Å². The fourth-order valence-electron chi connectivity index (χ4n) is 3.30. The van der Waals surface area contributed by atoms with Crippen molar-refractivity contribution in [2.45, 2.75) is 46.5 Å². The van der Waals surface area contributed by atoms with Crippen molar-refractivity contribution in [3.63, 3.8) is 0 Å². The predicted octanol–water partition coefficient (Wildman–Crippen LogP) is 6.61. The van der Waals surface area contributed by atoms with Gasteiger partial charge in [0.15, 0.2) is 0 Å². The number of carbonyl (C=O) groups is 1. The van der Waals surface area contributed by atoms with E-state index in [1.54, 1.807) is 13.0 Å². The molecule has 0 bridgehead atoms. The van der Waals surface area contributed by atoms with Crippen molar-refractivity contribution in [3.05, 3.63) is 70.8 Å². The zero-order valence-corrected chi connectivity index (χ0v) is 18.5. The van der Waals surface area contributed by atoms with E-state index in [9.17, 15) is 9.18 Å². The van der Waals surface area contributed by atoms with Gasteiger partial charge in [-0.1, -0.05) is 70.2 Å². The highest BCUT2D eigenvalue weighted by atomic mass is 19.1. The minimum Gasteiger partial charge on any atom is -0.490 e. The van der Waals surface area contributed by atoms with Crippen molar-refractivity contribution >= 4 is 12.0 Å². The van der Waals surface area contributed by atoms with Crippen molar-refractivity contribution in [3.8, 4) is 16.9 Å². The molecule has 0 saturated carbocycles. The van der Waals surface area contributed by atoms with Crippen molar-refractivity contribution < 1.29 is 19.0 Å². The summed E-state index contributed by atoms with van der Waals surface area (Å²) in [6.45, 7) is 9.68. The molecule has 0 fully saturated rings. The molecular formula is C26H31FO3. The molecule has 0 radical (unpaired) electrons. The first kappa shape index (κ1) is 23.4. The van der Waals surface area contributed by atoms with Crippen LogP contribution in [0, 0.1) is 0 Å². The van der Waals surface area contributed by atoms with E-state index < -0.39 is 12.6 Å². The largest absolute Gasteiger partial charge is 0.490 e. The first-order chi connectivity index (χ1) is 14.2. The van der Waals surface area contributed by atoms with Gasteiger partial charge >= 0.3 is 5.97 Å². The zero-order valence-electron chi connectivity index (χ0n) is 18.5. The summed E-state index contributed by atoms with van der Waals surface area (Å²) < 4.78 is 18.9. The maximum absolute atomic E-state index is 13.0. The summed E-state index contributed by atoms with van der Waals surface area (Å²) in [7, 11) is 0. The third-order valence-corrected chi connectivity index (χ3v) is 4.82. The summed E-state index contributed by atoms with van der Waals surface area (Å²) in [5.41, 5.74) is 5.53. The molecule has 4 heteroatoms. The monoisotopic (exact) mass is 410 g/mol. The molecule has 0 aliphatic heterocycles. The van der Waals surface area contributed by atoms with Crippen molar-refractivity contribution in [2.24, 2.45) is 0 Å². The Bertz CT molecular complexity index is 949. The number of alkyl halides is 1. The maximum atomic E-state index is 13.0. The SMILES string of the molecule is CCc1cc(-c2ccccc2C=CC(C)=CC(=O)O)c(OCCF)c(C(C)(C)C)c1. The quantitative estimate of drug-likeness (QED) is 0.394. The van der Waals surface area contributed by atoms with Crippen LogP contribution >= 0.6 is 0 Å². The number of aryl methyl sites for hydroxylation is 1. The van der Waals surface area contributed by atoms with Gasteiger partial charge in [-0.2, -0.15) is 0 Å². The van der Waals surface area contributed by atoms with Crippen LogP contribution in [0.25, 0.3) is 17.2 Å². The van der Waals surface area contributed by atoms with Gasteiger partial charge in [0.25, 0.3) is 0 Å². The number of ether oxygens (including phenoxy) is 1. The predicted molar refractivity (Wildman–Crippen MR) is 122 cm³/mol. The van der Waals surface area contributed by atoms with Crippen LogP contribution in [-0.4, -0.2) is 24.4 Å². The second-order valence-electron chi connectivity index (χ2n) is 8.31. The highest BCUT2D eigenvalue weighted by molar-refractivity contribution is 5.83. The number of allylic oxidation sites excluding steroid dienone is 2. The van der Waals surface area contributed by atoms with Crippen LogP contribution in [-0.2, 0) is 16.6 Å². The van der Waals surface area contributed by atoms with Gasteiger partial charge in [0.1, 0.15) is 19.0 Å². The van der Waals surface area contributed by atoms with Gasteiger partial charge in [0, 0.05) is 17.2 Å². The molecule has 0 heterocycles. The Morgan fingerprint density at radius 2 is 1.87 bits per heavy atom. The van der Waals surface area contributed by atoms with Gasteiger partial charge in [-0.25, -0.2) is 9.18 Å². The summed E-state index contributed by atoms with van der Waals surface area (Å²) in [4.78, 5) is 10.9. The molecule has 1 N–H and O–H groups in total. The van der Waals surface area contributed by atoms with Crippen molar-refractivity contribution in [2.75, 3.05) is 13.3 Å². The Kier molecular flexibility index (Phi) is 7.99. The summed E-state index contributed by atoms with van der Waals surface area (Å²) in [6.07, 6.45) is 5.73. The fourth-order valence-corrected chi connectivity index (χ4v) is 3.30. The summed E-state index contributed by atoms with van der Waals surface area (Å²) in [5.74, 6) is -0.270. The maximum Gasteiger partial charge on any atom is 0.328 e. The molecule has 0 spiro atoms. The smallest absolute Gasteiger partial charge is 0.328 e. The van der Waals surface area contributed by atoms with Crippen LogP contribution in [0.15, 0.2) is 54.1 Å². The van der Waals surface area contributed by atoms with Gasteiger partial charge < -0.3 is 9.84 Å². The van der Waals surface area contributed by atoms with E-state index in [2.05, 4.69) is 39.8 Å². The van der Waals surface area contributed by atoms with E-state index in [-0.39, 0.29) is 12.0 Å². The molecule has 2 rings (SSSR count). The van der Waals surface area contributed by atoms with Gasteiger partial charge in [-0.05, 0) is 47.1 Å². The highest BCUT2D eigenvalue weighted by Crippen LogP contribution is 2.42. The number of benzene rings is 2. The molecular weight excluding hydrogens is 379 g/mol. The molecule has 0 unspecified atom stereocenters. The molecule has 0 aliphatic carbocycles. The Morgan fingerprint density at radius 3 is 2.47 bits per heavy atom. The lowest BCUT2D eigenvalue weighted by molar-refractivity contribution is -0.131. The van der Waals surface area contributed by atoms with Gasteiger partial charge in [0.2, 0.25) is 0 Å². The average molecular weight is 411 g/mol. The molecule has 0 amide bonds. The molecule has 3 nitrogen and oxygen atoms in total. The molecule has 30 heavy (non-hydrogen) atoms. The minimum atomic E-state index is -0.974. The molecule has 0 aliphatic rings. The molecule has 0 atom stereocenters. The van der Waals surface area contributed by atoms with Crippen LogP contribution in [0.5, 0.6) is 5.75 Å². The lowest BCUT2D eigenvalue weighted by Gasteiger charge is -2.26. The number of rotatable bonds is 8. The Morgan fingerprint density at radius 1 is 1.17 bits per heavy atom. The van der Waals surface area contributed by atoms with Crippen LogP contribution in [0.3, 0.4) is 0 Å². The first-order valence-electron chi connectivity index (χ1n) is 10.2. The number of carboxylic acid groups (broad SMARTS) is 1. The molecule has 2 aromatic carbocycles.